The third kappa shape index (κ3) is 2.49. The molecule has 3 rings (SSSR count). The van der Waals surface area contributed by atoms with E-state index >= 15 is 0 Å². The van der Waals surface area contributed by atoms with E-state index in [1.54, 1.807) is 7.11 Å². The van der Waals surface area contributed by atoms with Gasteiger partial charge in [-0.15, -0.1) is 0 Å². The molecule has 0 radical (unpaired) electrons. The molecule has 0 aliphatic carbocycles. The number of aromatic nitrogens is 1. The van der Waals surface area contributed by atoms with E-state index in [4.69, 9.17) is 4.74 Å². The van der Waals surface area contributed by atoms with Crippen molar-refractivity contribution in [3.63, 3.8) is 0 Å². The molecule has 1 N–H and O–H groups in total. The third-order valence-electron chi connectivity index (χ3n) is 3.92. The van der Waals surface area contributed by atoms with Gasteiger partial charge in [-0.1, -0.05) is 24.3 Å². The Labute approximate surface area is 119 Å². The zero-order chi connectivity index (χ0) is 13.9. The Morgan fingerprint density at radius 3 is 3.05 bits per heavy atom. The lowest BCUT2D eigenvalue weighted by Crippen LogP contribution is -2.22. The number of hydrogen-bond acceptors (Lipinski definition) is 4. The molecule has 106 valence electrons. The topological polar surface area (TPSA) is 45.6 Å². The van der Waals surface area contributed by atoms with Gasteiger partial charge >= 0.3 is 0 Å². The molecule has 2 aromatic rings. The van der Waals surface area contributed by atoms with Gasteiger partial charge in [0, 0.05) is 31.5 Å². The van der Waals surface area contributed by atoms with Crippen LogP contribution in [0, 0.1) is 5.92 Å². The Morgan fingerprint density at radius 1 is 1.40 bits per heavy atom. The molecule has 1 aliphatic rings. The van der Waals surface area contributed by atoms with Crippen LogP contribution in [0.3, 0.4) is 0 Å². The molecular weight excluding hydrogens is 252 g/mol. The van der Waals surface area contributed by atoms with Crippen molar-refractivity contribution in [3.05, 3.63) is 36.0 Å². The van der Waals surface area contributed by atoms with Crippen molar-refractivity contribution in [1.82, 2.24) is 4.98 Å². The van der Waals surface area contributed by atoms with E-state index in [1.165, 1.54) is 0 Å². The molecule has 1 fully saturated rings. The van der Waals surface area contributed by atoms with E-state index in [1.807, 2.05) is 18.2 Å². The normalized spacial score (nSPS) is 18.9. The van der Waals surface area contributed by atoms with Crippen LogP contribution in [0.4, 0.5) is 5.82 Å². The summed E-state index contributed by atoms with van der Waals surface area (Å²) in [6, 6.07) is 10.2. The van der Waals surface area contributed by atoms with Gasteiger partial charge < -0.3 is 14.7 Å². The monoisotopic (exact) mass is 272 g/mol. The van der Waals surface area contributed by atoms with Crippen LogP contribution in [0.2, 0.25) is 0 Å². The molecule has 1 aliphatic heterocycles. The summed E-state index contributed by atoms with van der Waals surface area (Å²) in [4.78, 5) is 6.94. The Bertz CT molecular complexity index is 600. The van der Waals surface area contributed by atoms with Gasteiger partial charge in [0.25, 0.3) is 0 Å². The minimum atomic E-state index is -0.0207. The number of hydrogen-bond donors (Lipinski definition) is 1. The molecule has 0 amide bonds. The second-order valence-corrected chi connectivity index (χ2v) is 5.37. The Kier molecular flexibility index (Phi) is 3.85. The van der Waals surface area contributed by atoms with Gasteiger partial charge in [-0.25, -0.2) is 4.98 Å². The first-order valence-electron chi connectivity index (χ1n) is 7.05. The largest absolute Gasteiger partial charge is 0.390 e. The number of rotatable bonds is 4. The molecule has 4 nitrogen and oxygen atoms in total. The molecule has 0 saturated carbocycles. The van der Waals surface area contributed by atoms with Gasteiger partial charge in [0.1, 0.15) is 5.82 Å². The van der Waals surface area contributed by atoms with Gasteiger partial charge in [0.2, 0.25) is 0 Å². The number of pyridine rings is 1. The number of anilines is 1. The van der Waals surface area contributed by atoms with E-state index in [0.717, 1.165) is 48.4 Å². The Morgan fingerprint density at radius 2 is 2.25 bits per heavy atom. The van der Waals surface area contributed by atoms with Crippen molar-refractivity contribution in [1.29, 1.82) is 0 Å². The number of benzene rings is 1. The fourth-order valence-electron chi connectivity index (χ4n) is 2.95. The van der Waals surface area contributed by atoms with E-state index < -0.39 is 0 Å². The van der Waals surface area contributed by atoms with Gasteiger partial charge in [-0.05, 0) is 17.9 Å². The van der Waals surface area contributed by atoms with Crippen molar-refractivity contribution in [2.24, 2.45) is 5.92 Å². The maximum atomic E-state index is 9.40. The first kappa shape index (κ1) is 13.3. The first-order valence-corrected chi connectivity index (χ1v) is 7.05. The molecule has 4 heteroatoms. The lowest BCUT2D eigenvalue weighted by molar-refractivity contribution is 0.161. The summed E-state index contributed by atoms with van der Waals surface area (Å²) in [5.74, 6) is 1.56. The average Bonchev–Trinajstić information content (AvgIpc) is 2.95. The lowest BCUT2D eigenvalue weighted by Gasteiger charge is -2.20. The number of methoxy groups -OCH3 is 1. The smallest absolute Gasteiger partial charge is 0.136 e. The van der Waals surface area contributed by atoms with Crippen molar-refractivity contribution < 1.29 is 9.84 Å². The predicted molar refractivity (Wildman–Crippen MR) is 79.9 cm³/mol. The predicted octanol–water partition coefficient (Wildman–Crippen LogP) is 2.20. The van der Waals surface area contributed by atoms with Crippen molar-refractivity contribution in [2.75, 3.05) is 31.7 Å². The molecule has 1 unspecified atom stereocenters. The fraction of sp³-hybridized carbons (Fsp3) is 0.438. The number of aliphatic hydroxyl groups is 1. The van der Waals surface area contributed by atoms with E-state index in [9.17, 15) is 5.11 Å². The molecule has 20 heavy (non-hydrogen) atoms. The highest BCUT2D eigenvalue weighted by atomic mass is 16.5. The molecule has 1 aromatic heterocycles. The fourth-order valence-corrected chi connectivity index (χ4v) is 2.95. The van der Waals surface area contributed by atoms with Crippen LogP contribution in [-0.4, -0.2) is 36.9 Å². The van der Waals surface area contributed by atoms with Crippen molar-refractivity contribution >= 4 is 16.6 Å². The number of nitrogens with zero attached hydrogens (tertiary/aromatic N) is 2. The van der Waals surface area contributed by atoms with Crippen LogP contribution in [0.25, 0.3) is 10.8 Å². The summed E-state index contributed by atoms with van der Waals surface area (Å²) in [7, 11) is 1.75. The number of aliphatic hydroxyl groups excluding tert-OH is 1. The highest BCUT2D eigenvalue weighted by Crippen LogP contribution is 2.30. The SMILES string of the molecule is COCC1CCN(c2nc(CO)cc3ccccc23)C1. The minimum absolute atomic E-state index is 0.0207. The van der Waals surface area contributed by atoms with Crippen LogP contribution in [0.5, 0.6) is 0 Å². The lowest BCUT2D eigenvalue weighted by atomic mass is 10.1. The molecule has 2 heterocycles. The van der Waals surface area contributed by atoms with Crippen LogP contribution in [0.1, 0.15) is 12.1 Å². The van der Waals surface area contributed by atoms with Crippen LogP contribution >= 0.6 is 0 Å². The third-order valence-corrected chi connectivity index (χ3v) is 3.92. The Hall–Kier alpha value is -1.65. The molecular formula is C16H20N2O2. The molecule has 0 spiro atoms. The zero-order valence-electron chi connectivity index (χ0n) is 11.7. The average molecular weight is 272 g/mol. The van der Waals surface area contributed by atoms with Gasteiger partial charge in [0.05, 0.1) is 18.9 Å². The van der Waals surface area contributed by atoms with E-state index in [2.05, 4.69) is 22.0 Å². The van der Waals surface area contributed by atoms with E-state index in [-0.39, 0.29) is 6.61 Å². The zero-order valence-corrected chi connectivity index (χ0v) is 11.7. The number of ether oxygens (including phenoxy) is 1. The molecule has 1 aromatic carbocycles. The van der Waals surface area contributed by atoms with Crippen LogP contribution in [0.15, 0.2) is 30.3 Å². The highest BCUT2D eigenvalue weighted by Gasteiger charge is 2.24. The minimum Gasteiger partial charge on any atom is -0.390 e. The second kappa shape index (κ2) is 5.77. The summed E-state index contributed by atoms with van der Waals surface area (Å²) in [6.07, 6.45) is 1.13. The molecule has 1 saturated heterocycles. The maximum Gasteiger partial charge on any atom is 0.136 e. The van der Waals surface area contributed by atoms with Crippen molar-refractivity contribution in [2.45, 2.75) is 13.0 Å². The van der Waals surface area contributed by atoms with Gasteiger partial charge in [-0.3, -0.25) is 0 Å². The standard InChI is InChI=1S/C16H20N2O2/c1-20-11-12-6-7-18(9-12)16-15-5-3-2-4-13(15)8-14(10-19)17-16/h2-5,8,12,19H,6-7,9-11H2,1H3. The quantitative estimate of drug-likeness (QED) is 0.927. The summed E-state index contributed by atoms with van der Waals surface area (Å²) in [5, 5.41) is 11.7. The second-order valence-electron chi connectivity index (χ2n) is 5.37. The van der Waals surface area contributed by atoms with Crippen molar-refractivity contribution in [3.8, 4) is 0 Å². The van der Waals surface area contributed by atoms with Crippen LogP contribution in [-0.2, 0) is 11.3 Å². The summed E-state index contributed by atoms with van der Waals surface area (Å²) in [6.45, 7) is 2.75. The van der Waals surface area contributed by atoms with Gasteiger partial charge in [0.15, 0.2) is 0 Å². The van der Waals surface area contributed by atoms with E-state index in [0.29, 0.717) is 5.92 Å². The molecule has 1 atom stereocenters. The Balaban J connectivity index is 1.98. The highest BCUT2D eigenvalue weighted by molar-refractivity contribution is 5.92. The summed E-state index contributed by atoms with van der Waals surface area (Å²) >= 11 is 0. The first-order chi connectivity index (χ1) is 9.81. The molecule has 0 bridgehead atoms. The summed E-state index contributed by atoms with van der Waals surface area (Å²) in [5.41, 5.74) is 0.730. The number of fused-ring (bicyclic) bond motifs is 1. The van der Waals surface area contributed by atoms with Gasteiger partial charge in [-0.2, -0.15) is 0 Å². The van der Waals surface area contributed by atoms with Crippen LogP contribution < -0.4 is 4.90 Å². The summed E-state index contributed by atoms with van der Waals surface area (Å²) < 4.78 is 5.26. The maximum absolute atomic E-state index is 9.40.